The minimum absolute atomic E-state index is 0.109. The van der Waals surface area contributed by atoms with Crippen LogP contribution in [-0.4, -0.2) is 25.0 Å². The fraction of sp³-hybridized carbons (Fsp3) is 0.136. The lowest BCUT2D eigenvalue weighted by Crippen LogP contribution is -2.16. The first-order chi connectivity index (χ1) is 14.0. The van der Waals surface area contributed by atoms with E-state index in [9.17, 15) is 14.9 Å². The van der Waals surface area contributed by atoms with Gasteiger partial charge in [-0.25, -0.2) is 0 Å². The molecule has 7 nitrogen and oxygen atoms in total. The molecule has 3 aromatic rings. The van der Waals surface area contributed by atoms with E-state index in [1.54, 1.807) is 12.1 Å². The highest BCUT2D eigenvalue weighted by Crippen LogP contribution is 2.28. The molecule has 0 saturated heterocycles. The standard InChI is InChI=1S/C22H21N3O4/c1-24(15-16-6-4-3-5-7-16)19-11-9-18(10-12-19)23-22(26)17-8-13-21(29-2)20(14-17)25(27)28/h3-14H,15H2,1-2H3,(H,23,26). The smallest absolute Gasteiger partial charge is 0.311 e. The van der Waals surface area contributed by atoms with Crippen LogP contribution in [0.1, 0.15) is 15.9 Å². The molecule has 0 aliphatic carbocycles. The highest BCUT2D eigenvalue weighted by molar-refractivity contribution is 6.04. The molecule has 0 radical (unpaired) electrons. The zero-order chi connectivity index (χ0) is 20.8. The number of carbonyl (C=O) groups excluding carboxylic acids is 1. The fourth-order valence-corrected chi connectivity index (χ4v) is 2.92. The Balaban J connectivity index is 1.68. The van der Waals surface area contributed by atoms with Crippen molar-refractivity contribution in [1.82, 2.24) is 0 Å². The summed E-state index contributed by atoms with van der Waals surface area (Å²) in [6, 6.07) is 21.7. The topological polar surface area (TPSA) is 84.7 Å². The van der Waals surface area contributed by atoms with Crippen molar-refractivity contribution in [2.75, 3.05) is 24.4 Å². The van der Waals surface area contributed by atoms with E-state index in [4.69, 9.17) is 4.74 Å². The van der Waals surface area contributed by atoms with E-state index in [1.165, 1.54) is 30.9 Å². The van der Waals surface area contributed by atoms with Gasteiger partial charge in [0.1, 0.15) is 0 Å². The summed E-state index contributed by atoms with van der Waals surface area (Å²) in [6.07, 6.45) is 0. The van der Waals surface area contributed by atoms with Gasteiger partial charge in [0.25, 0.3) is 5.91 Å². The number of amides is 1. The van der Waals surface area contributed by atoms with Gasteiger partial charge in [-0.05, 0) is 42.0 Å². The van der Waals surface area contributed by atoms with Crippen LogP contribution in [-0.2, 0) is 6.54 Å². The Morgan fingerprint density at radius 2 is 1.76 bits per heavy atom. The normalized spacial score (nSPS) is 10.3. The van der Waals surface area contributed by atoms with Crippen molar-refractivity contribution < 1.29 is 14.5 Å². The minimum atomic E-state index is -0.576. The third-order valence-electron chi connectivity index (χ3n) is 4.47. The van der Waals surface area contributed by atoms with Gasteiger partial charge in [-0.15, -0.1) is 0 Å². The Morgan fingerprint density at radius 3 is 2.38 bits per heavy atom. The van der Waals surface area contributed by atoms with Gasteiger partial charge < -0.3 is 15.0 Å². The van der Waals surface area contributed by atoms with Gasteiger partial charge in [0, 0.05) is 36.6 Å². The quantitative estimate of drug-likeness (QED) is 0.474. The number of anilines is 2. The summed E-state index contributed by atoms with van der Waals surface area (Å²) in [5, 5.41) is 13.9. The predicted octanol–water partition coefficient (Wildman–Crippen LogP) is 4.49. The van der Waals surface area contributed by atoms with Crippen molar-refractivity contribution in [3.8, 4) is 5.75 Å². The molecule has 0 atom stereocenters. The average Bonchev–Trinajstić information content (AvgIpc) is 2.74. The maximum atomic E-state index is 12.5. The Hall–Kier alpha value is -3.87. The number of carbonyl (C=O) groups is 1. The second kappa shape index (κ2) is 8.88. The second-order valence-electron chi connectivity index (χ2n) is 6.49. The van der Waals surface area contributed by atoms with Crippen LogP contribution < -0.4 is 15.0 Å². The van der Waals surface area contributed by atoms with Crippen molar-refractivity contribution in [1.29, 1.82) is 0 Å². The van der Waals surface area contributed by atoms with E-state index >= 15 is 0 Å². The van der Waals surface area contributed by atoms with Gasteiger partial charge in [0.2, 0.25) is 0 Å². The van der Waals surface area contributed by atoms with Crippen LogP contribution in [0.4, 0.5) is 17.1 Å². The summed E-state index contributed by atoms with van der Waals surface area (Å²) in [5.74, 6) is -0.321. The summed E-state index contributed by atoms with van der Waals surface area (Å²) in [7, 11) is 3.34. The summed E-state index contributed by atoms with van der Waals surface area (Å²) in [5.41, 5.74) is 2.74. The van der Waals surface area contributed by atoms with Crippen LogP contribution in [0.5, 0.6) is 5.75 Å². The van der Waals surface area contributed by atoms with Crippen molar-refractivity contribution in [3.63, 3.8) is 0 Å². The zero-order valence-electron chi connectivity index (χ0n) is 16.2. The third-order valence-corrected chi connectivity index (χ3v) is 4.47. The van der Waals surface area contributed by atoms with Gasteiger partial charge >= 0.3 is 5.69 Å². The Kier molecular flexibility index (Phi) is 6.09. The molecule has 7 heteroatoms. The molecule has 1 amide bonds. The lowest BCUT2D eigenvalue weighted by molar-refractivity contribution is -0.385. The first-order valence-electron chi connectivity index (χ1n) is 8.97. The highest BCUT2D eigenvalue weighted by atomic mass is 16.6. The van der Waals surface area contributed by atoms with Gasteiger partial charge in [-0.1, -0.05) is 30.3 Å². The first kappa shape index (κ1) is 19.9. The Bertz CT molecular complexity index is 1000. The predicted molar refractivity (Wildman–Crippen MR) is 113 cm³/mol. The van der Waals surface area contributed by atoms with Gasteiger partial charge in [0.15, 0.2) is 5.75 Å². The molecule has 0 bridgehead atoms. The van der Waals surface area contributed by atoms with Gasteiger partial charge in [-0.3, -0.25) is 14.9 Å². The first-order valence-corrected chi connectivity index (χ1v) is 8.97. The molecule has 1 N–H and O–H groups in total. The Labute approximate surface area is 168 Å². The monoisotopic (exact) mass is 391 g/mol. The van der Waals surface area contributed by atoms with Crippen LogP contribution in [0, 0.1) is 10.1 Å². The number of hydrogen-bond acceptors (Lipinski definition) is 5. The molecular weight excluding hydrogens is 370 g/mol. The van der Waals surface area contributed by atoms with E-state index in [0.717, 1.165) is 12.2 Å². The van der Waals surface area contributed by atoms with Crippen LogP contribution in [0.3, 0.4) is 0 Å². The molecule has 0 spiro atoms. The SMILES string of the molecule is COc1ccc(C(=O)Nc2ccc(N(C)Cc3ccccc3)cc2)cc1[N+](=O)[O-]. The lowest BCUT2D eigenvalue weighted by Gasteiger charge is -2.19. The average molecular weight is 391 g/mol. The summed E-state index contributed by atoms with van der Waals surface area (Å²) in [6.45, 7) is 0.766. The number of nitro groups is 1. The summed E-state index contributed by atoms with van der Waals surface area (Å²) in [4.78, 5) is 25.1. The van der Waals surface area contributed by atoms with E-state index in [0.29, 0.717) is 5.69 Å². The van der Waals surface area contributed by atoms with E-state index in [1.807, 2.05) is 37.4 Å². The summed E-state index contributed by atoms with van der Waals surface area (Å²) < 4.78 is 4.96. The van der Waals surface area contributed by atoms with Crippen LogP contribution in [0.2, 0.25) is 0 Å². The van der Waals surface area contributed by atoms with Crippen molar-refractivity contribution >= 4 is 23.0 Å². The lowest BCUT2D eigenvalue weighted by atomic mass is 10.1. The van der Waals surface area contributed by atoms with Crippen LogP contribution in [0.25, 0.3) is 0 Å². The number of nitrogens with zero attached hydrogens (tertiary/aromatic N) is 2. The van der Waals surface area contributed by atoms with Crippen molar-refractivity contribution in [2.45, 2.75) is 6.54 Å². The van der Waals surface area contributed by atoms with Crippen molar-refractivity contribution in [3.05, 3.63) is 94.0 Å². The maximum Gasteiger partial charge on any atom is 0.311 e. The molecule has 0 aliphatic rings. The number of hydrogen-bond donors (Lipinski definition) is 1. The van der Waals surface area contributed by atoms with Gasteiger partial charge in [-0.2, -0.15) is 0 Å². The molecule has 0 saturated carbocycles. The molecule has 0 aromatic heterocycles. The molecule has 148 valence electrons. The van der Waals surface area contributed by atoms with Crippen molar-refractivity contribution in [2.24, 2.45) is 0 Å². The number of rotatable bonds is 7. The zero-order valence-corrected chi connectivity index (χ0v) is 16.2. The number of nitrogens with one attached hydrogen (secondary N) is 1. The fourth-order valence-electron chi connectivity index (χ4n) is 2.92. The van der Waals surface area contributed by atoms with E-state index in [2.05, 4.69) is 22.3 Å². The van der Waals surface area contributed by atoms with E-state index < -0.39 is 10.8 Å². The highest BCUT2D eigenvalue weighted by Gasteiger charge is 2.18. The number of benzene rings is 3. The molecule has 0 unspecified atom stereocenters. The number of nitro benzene ring substituents is 1. The van der Waals surface area contributed by atoms with Crippen LogP contribution >= 0.6 is 0 Å². The molecule has 0 aliphatic heterocycles. The second-order valence-corrected chi connectivity index (χ2v) is 6.49. The third kappa shape index (κ3) is 4.90. The molecule has 0 fully saturated rings. The van der Waals surface area contributed by atoms with Gasteiger partial charge in [0.05, 0.1) is 12.0 Å². The number of ether oxygens (including phenoxy) is 1. The molecular formula is C22H21N3O4. The largest absolute Gasteiger partial charge is 0.490 e. The minimum Gasteiger partial charge on any atom is -0.490 e. The number of methoxy groups -OCH3 is 1. The molecule has 3 rings (SSSR count). The molecule has 0 heterocycles. The molecule has 3 aromatic carbocycles. The Morgan fingerprint density at radius 1 is 1.07 bits per heavy atom. The maximum absolute atomic E-state index is 12.5. The summed E-state index contributed by atoms with van der Waals surface area (Å²) >= 11 is 0. The van der Waals surface area contributed by atoms with E-state index in [-0.39, 0.29) is 17.0 Å². The molecule has 29 heavy (non-hydrogen) atoms. The van der Waals surface area contributed by atoms with Crippen LogP contribution in [0.15, 0.2) is 72.8 Å².